The van der Waals surface area contributed by atoms with Gasteiger partial charge in [0.05, 0.1) is 5.76 Å². The molecule has 2 heterocycles. The molecule has 0 unspecified atom stereocenters. The molecule has 25 heavy (non-hydrogen) atoms. The molecule has 0 spiro atoms. The lowest BCUT2D eigenvalue weighted by molar-refractivity contribution is 0.305. The molecule has 3 rings (SSSR count). The van der Waals surface area contributed by atoms with Gasteiger partial charge in [0, 0.05) is 28.1 Å². The molecule has 0 aliphatic carbocycles. The molecule has 3 nitrogen and oxygen atoms in total. The minimum absolute atomic E-state index is 0.199. The number of aromatic nitrogens is 1. The van der Waals surface area contributed by atoms with Gasteiger partial charge in [-0.15, -0.1) is 11.3 Å². The molecular formula is C21H23NO2S. The van der Waals surface area contributed by atoms with Gasteiger partial charge < -0.3 is 9.84 Å². The van der Waals surface area contributed by atoms with E-state index in [1.807, 2.05) is 19.9 Å². The van der Waals surface area contributed by atoms with Crippen LogP contribution in [0.1, 0.15) is 35.0 Å². The van der Waals surface area contributed by atoms with E-state index < -0.39 is 0 Å². The van der Waals surface area contributed by atoms with E-state index in [9.17, 15) is 5.11 Å². The average molecular weight is 353 g/mol. The number of benzene rings is 1. The lowest BCUT2D eigenvalue weighted by Gasteiger charge is -2.11. The van der Waals surface area contributed by atoms with Crippen molar-refractivity contribution >= 4 is 21.4 Å². The zero-order valence-electron chi connectivity index (χ0n) is 14.9. The summed E-state index contributed by atoms with van der Waals surface area (Å²) in [6.07, 6.45) is 1.42. The SMILES string of the molecule is C=C(O)Cc1csc2cc(OCc3ccc(C)nc3C)cc(CC)c12. The number of hydrogen-bond acceptors (Lipinski definition) is 4. The van der Waals surface area contributed by atoms with E-state index >= 15 is 0 Å². The van der Waals surface area contributed by atoms with E-state index in [1.165, 1.54) is 15.6 Å². The third kappa shape index (κ3) is 3.85. The highest BCUT2D eigenvalue weighted by molar-refractivity contribution is 7.17. The van der Waals surface area contributed by atoms with Crippen LogP contribution in [0.3, 0.4) is 0 Å². The van der Waals surface area contributed by atoms with E-state index in [2.05, 4.69) is 42.1 Å². The molecular weight excluding hydrogens is 330 g/mol. The van der Waals surface area contributed by atoms with Crippen molar-refractivity contribution in [3.63, 3.8) is 0 Å². The van der Waals surface area contributed by atoms with Crippen molar-refractivity contribution in [3.05, 3.63) is 70.1 Å². The van der Waals surface area contributed by atoms with Gasteiger partial charge in [-0.05, 0) is 60.4 Å². The van der Waals surface area contributed by atoms with Crippen molar-refractivity contribution < 1.29 is 9.84 Å². The number of fused-ring (bicyclic) bond motifs is 1. The minimum atomic E-state index is 0.199. The maximum absolute atomic E-state index is 9.54. The van der Waals surface area contributed by atoms with Gasteiger partial charge in [-0.25, -0.2) is 0 Å². The number of ether oxygens (including phenoxy) is 1. The highest BCUT2D eigenvalue weighted by atomic mass is 32.1. The Morgan fingerprint density at radius 1 is 1.20 bits per heavy atom. The molecule has 0 radical (unpaired) electrons. The smallest absolute Gasteiger partial charge is 0.121 e. The van der Waals surface area contributed by atoms with Crippen LogP contribution < -0.4 is 4.74 Å². The molecule has 3 aromatic rings. The quantitative estimate of drug-likeness (QED) is 0.581. The second-order valence-corrected chi connectivity index (χ2v) is 7.21. The Kier molecular flexibility index (Phi) is 5.09. The molecule has 0 aliphatic rings. The van der Waals surface area contributed by atoms with Crippen molar-refractivity contribution in [2.45, 2.75) is 40.2 Å². The average Bonchev–Trinajstić information content (AvgIpc) is 2.95. The molecule has 130 valence electrons. The molecule has 0 fully saturated rings. The van der Waals surface area contributed by atoms with Crippen molar-refractivity contribution in [1.29, 1.82) is 0 Å². The van der Waals surface area contributed by atoms with E-state index in [-0.39, 0.29) is 5.76 Å². The van der Waals surface area contributed by atoms with Crippen molar-refractivity contribution in [3.8, 4) is 5.75 Å². The van der Waals surface area contributed by atoms with Crippen LogP contribution in [-0.2, 0) is 19.4 Å². The van der Waals surface area contributed by atoms with Crippen LogP contribution >= 0.6 is 11.3 Å². The number of hydrogen-bond donors (Lipinski definition) is 1. The predicted octanol–water partition coefficient (Wildman–Crippen LogP) is 5.67. The summed E-state index contributed by atoms with van der Waals surface area (Å²) in [6, 6.07) is 8.28. The van der Waals surface area contributed by atoms with Crippen LogP contribution in [0.4, 0.5) is 0 Å². The molecule has 1 N–H and O–H groups in total. The number of pyridine rings is 1. The standard InChI is InChI=1S/C21H23NO2S/c1-5-16-9-19(24-11-17-7-6-13(2)22-15(17)4)10-20-21(16)18(12-25-20)8-14(3)23/h6-7,9-10,12,23H,3,5,8,11H2,1-2,4H3. The minimum Gasteiger partial charge on any atom is -0.513 e. The summed E-state index contributed by atoms with van der Waals surface area (Å²) in [5.74, 6) is 1.07. The van der Waals surface area contributed by atoms with E-state index in [4.69, 9.17) is 4.74 Å². The fourth-order valence-corrected chi connectivity index (χ4v) is 4.07. The largest absolute Gasteiger partial charge is 0.513 e. The topological polar surface area (TPSA) is 42.4 Å². The summed E-state index contributed by atoms with van der Waals surface area (Å²) in [6.45, 7) is 10.3. The lowest BCUT2D eigenvalue weighted by Crippen LogP contribution is -2.01. The summed E-state index contributed by atoms with van der Waals surface area (Å²) >= 11 is 1.68. The Hall–Kier alpha value is -2.33. The first-order valence-electron chi connectivity index (χ1n) is 8.43. The number of aryl methyl sites for hydroxylation is 3. The molecule has 0 saturated carbocycles. The zero-order chi connectivity index (χ0) is 18.0. The number of aliphatic hydroxyl groups excluding tert-OH is 1. The van der Waals surface area contributed by atoms with E-state index in [1.54, 1.807) is 11.3 Å². The fraction of sp³-hybridized carbons (Fsp3) is 0.286. The maximum Gasteiger partial charge on any atom is 0.121 e. The second-order valence-electron chi connectivity index (χ2n) is 6.30. The summed E-state index contributed by atoms with van der Waals surface area (Å²) in [4.78, 5) is 4.49. The van der Waals surface area contributed by atoms with Gasteiger partial charge in [-0.1, -0.05) is 19.6 Å². The Balaban J connectivity index is 1.88. The normalized spacial score (nSPS) is 11.0. The van der Waals surface area contributed by atoms with Crippen molar-refractivity contribution in [1.82, 2.24) is 4.98 Å². The Morgan fingerprint density at radius 2 is 2.00 bits per heavy atom. The van der Waals surface area contributed by atoms with Crippen LogP contribution in [0.2, 0.25) is 0 Å². The van der Waals surface area contributed by atoms with Gasteiger partial charge in [-0.2, -0.15) is 0 Å². The lowest BCUT2D eigenvalue weighted by atomic mass is 10.0. The van der Waals surface area contributed by atoms with Gasteiger partial charge >= 0.3 is 0 Å². The summed E-state index contributed by atoms with van der Waals surface area (Å²) in [7, 11) is 0. The van der Waals surface area contributed by atoms with E-state index in [0.29, 0.717) is 13.0 Å². The van der Waals surface area contributed by atoms with Gasteiger partial charge in [0.1, 0.15) is 12.4 Å². The Bertz CT molecular complexity index is 927. The van der Waals surface area contributed by atoms with Gasteiger partial charge in [0.25, 0.3) is 0 Å². The second kappa shape index (κ2) is 7.28. The number of nitrogens with zero attached hydrogens (tertiary/aromatic N) is 1. The molecule has 0 atom stereocenters. The first-order chi connectivity index (χ1) is 12.0. The summed E-state index contributed by atoms with van der Waals surface area (Å²) in [5.41, 5.74) is 5.51. The third-order valence-corrected chi connectivity index (χ3v) is 5.29. The Morgan fingerprint density at radius 3 is 2.68 bits per heavy atom. The molecule has 0 saturated heterocycles. The predicted molar refractivity (Wildman–Crippen MR) is 105 cm³/mol. The van der Waals surface area contributed by atoms with Crippen LogP contribution in [-0.4, -0.2) is 10.1 Å². The molecule has 0 amide bonds. The van der Waals surface area contributed by atoms with Crippen LogP contribution in [0.5, 0.6) is 5.75 Å². The van der Waals surface area contributed by atoms with Gasteiger partial charge in [0.15, 0.2) is 0 Å². The van der Waals surface area contributed by atoms with Crippen LogP contribution in [0.15, 0.2) is 42.0 Å². The van der Waals surface area contributed by atoms with Gasteiger partial charge in [-0.3, -0.25) is 4.98 Å². The number of aliphatic hydroxyl groups is 1. The van der Waals surface area contributed by atoms with E-state index in [0.717, 1.165) is 34.7 Å². The first-order valence-corrected chi connectivity index (χ1v) is 9.31. The Labute approximate surface area is 152 Å². The fourth-order valence-electron chi connectivity index (χ4n) is 3.04. The zero-order valence-corrected chi connectivity index (χ0v) is 15.7. The van der Waals surface area contributed by atoms with Crippen molar-refractivity contribution in [2.24, 2.45) is 0 Å². The molecule has 2 aromatic heterocycles. The molecule has 0 bridgehead atoms. The van der Waals surface area contributed by atoms with Crippen LogP contribution in [0.25, 0.3) is 10.1 Å². The highest BCUT2D eigenvalue weighted by Crippen LogP contribution is 2.34. The maximum atomic E-state index is 9.54. The van der Waals surface area contributed by atoms with Crippen molar-refractivity contribution in [2.75, 3.05) is 0 Å². The summed E-state index contributed by atoms with van der Waals surface area (Å²) in [5, 5.41) is 12.9. The molecule has 4 heteroatoms. The first kappa shape index (κ1) is 17.5. The monoisotopic (exact) mass is 353 g/mol. The van der Waals surface area contributed by atoms with Crippen LogP contribution in [0, 0.1) is 13.8 Å². The number of rotatable bonds is 6. The third-order valence-electron chi connectivity index (χ3n) is 4.31. The van der Waals surface area contributed by atoms with Gasteiger partial charge in [0.2, 0.25) is 0 Å². The molecule has 1 aromatic carbocycles. The molecule has 0 aliphatic heterocycles. The summed E-state index contributed by atoms with van der Waals surface area (Å²) < 4.78 is 7.24. The number of allylic oxidation sites excluding steroid dienone is 1. The highest BCUT2D eigenvalue weighted by Gasteiger charge is 2.12. The number of thiophene rings is 1.